The number of methoxy groups -OCH3 is 1. The highest BCUT2D eigenvalue weighted by molar-refractivity contribution is 6.01. The summed E-state index contributed by atoms with van der Waals surface area (Å²) in [6.07, 6.45) is 0.104. The first-order chi connectivity index (χ1) is 10.5. The minimum Gasteiger partial charge on any atom is -0.469 e. The van der Waals surface area contributed by atoms with Crippen molar-refractivity contribution in [2.24, 2.45) is 0 Å². The molecule has 0 aliphatic heterocycles. The maximum Gasteiger partial charge on any atom is 0.307 e. The first-order valence-corrected chi connectivity index (χ1v) is 6.92. The minimum atomic E-state index is -0.377. The van der Waals surface area contributed by atoms with Crippen LogP contribution in [0.4, 0.5) is 0 Å². The molecule has 0 radical (unpaired) electrons. The topological polar surface area (TPSA) is 81.4 Å². The van der Waals surface area contributed by atoms with Crippen molar-refractivity contribution in [2.45, 2.75) is 26.3 Å². The Hall–Kier alpha value is -2.63. The molecule has 1 aromatic heterocycles. The first kappa shape index (κ1) is 15.8. The molecule has 6 heteroatoms. The number of benzene rings is 1. The van der Waals surface area contributed by atoms with Gasteiger partial charge in [-0.25, -0.2) is 0 Å². The Morgan fingerprint density at radius 1 is 1.32 bits per heavy atom. The highest BCUT2D eigenvalue weighted by atomic mass is 16.5. The molecule has 0 spiro atoms. The van der Waals surface area contributed by atoms with E-state index in [2.05, 4.69) is 15.2 Å². The summed E-state index contributed by atoms with van der Waals surface area (Å²) in [5, 5.41) is 6.72. The van der Waals surface area contributed by atoms with Gasteiger partial charge in [0.2, 0.25) is 0 Å². The molecule has 0 saturated carbocycles. The summed E-state index contributed by atoms with van der Waals surface area (Å²) < 4.78 is 9.74. The second-order valence-electron chi connectivity index (χ2n) is 4.98. The van der Waals surface area contributed by atoms with Crippen LogP contribution in [0.1, 0.15) is 29.5 Å². The SMILES string of the molecule is COC(=O)CC(C)NC(=O)c1c(-c2ccccc2)noc1C. The second kappa shape index (κ2) is 6.89. The monoisotopic (exact) mass is 302 g/mol. The molecule has 0 bridgehead atoms. The summed E-state index contributed by atoms with van der Waals surface area (Å²) in [6.45, 7) is 3.42. The molecule has 1 heterocycles. The molecule has 22 heavy (non-hydrogen) atoms. The number of esters is 1. The Labute approximate surface area is 128 Å². The van der Waals surface area contributed by atoms with Gasteiger partial charge in [0.1, 0.15) is 17.0 Å². The number of aromatic nitrogens is 1. The van der Waals surface area contributed by atoms with E-state index < -0.39 is 0 Å². The van der Waals surface area contributed by atoms with Crippen molar-refractivity contribution in [1.29, 1.82) is 0 Å². The highest BCUT2D eigenvalue weighted by Crippen LogP contribution is 2.25. The minimum absolute atomic E-state index is 0.104. The van der Waals surface area contributed by atoms with Gasteiger partial charge in [-0.1, -0.05) is 35.5 Å². The fraction of sp³-hybridized carbons (Fsp3) is 0.312. The largest absolute Gasteiger partial charge is 0.469 e. The van der Waals surface area contributed by atoms with Crippen LogP contribution in [0.3, 0.4) is 0 Å². The third kappa shape index (κ3) is 3.52. The fourth-order valence-corrected chi connectivity index (χ4v) is 2.11. The van der Waals surface area contributed by atoms with E-state index in [1.54, 1.807) is 13.8 Å². The zero-order valence-corrected chi connectivity index (χ0v) is 12.8. The lowest BCUT2D eigenvalue weighted by Gasteiger charge is -2.12. The lowest BCUT2D eigenvalue weighted by molar-refractivity contribution is -0.141. The van der Waals surface area contributed by atoms with Crippen molar-refractivity contribution in [1.82, 2.24) is 10.5 Å². The summed E-state index contributed by atoms with van der Waals surface area (Å²) >= 11 is 0. The molecule has 2 aromatic rings. The standard InChI is InChI=1S/C16H18N2O4/c1-10(9-13(19)21-3)17-16(20)14-11(2)22-18-15(14)12-7-5-4-6-8-12/h4-8,10H,9H2,1-3H3,(H,17,20). The van der Waals surface area contributed by atoms with E-state index in [1.165, 1.54) is 7.11 Å². The second-order valence-corrected chi connectivity index (χ2v) is 4.98. The summed E-state index contributed by atoms with van der Waals surface area (Å²) in [5.41, 5.74) is 1.66. The zero-order valence-electron chi connectivity index (χ0n) is 12.8. The van der Waals surface area contributed by atoms with Crippen molar-refractivity contribution >= 4 is 11.9 Å². The molecule has 0 fully saturated rings. The number of hydrogen-bond acceptors (Lipinski definition) is 5. The average molecular weight is 302 g/mol. The predicted molar refractivity (Wildman–Crippen MR) is 80.2 cm³/mol. The van der Waals surface area contributed by atoms with Gasteiger partial charge in [-0.15, -0.1) is 0 Å². The Kier molecular flexibility index (Phi) is 4.93. The molecule has 0 aliphatic carbocycles. The average Bonchev–Trinajstić information content (AvgIpc) is 2.89. The lowest BCUT2D eigenvalue weighted by Crippen LogP contribution is -2.34. The number of nitrogens with one attached hydrogen (secondary N) is 1. The van der Waals surface area contributed by atoms with E-state index in [9.17, 15) is 9.59 Å². The molecule has 1 N–H and O–H groups in total. The van der Waals surface area contributed by atoms with Crippen LogP contribution >= 0.6 is 0 Å². The molecular weight excluding hydrogens is 284 g/mol. The van der Waals surface area contributed by atoms with E-state index in [4.69, 9.17) is 4.52 Å². The molecular formula is C16H18N2O4. The summed E-state index contributed by atoms with van der Waals surface area (Å²) in [7, 11) is 1.31. The van der Waals surface area contributed by atoms with Crippen molar-refractivity contribution in [3.63, 3.8) is 0 Å². The van der Waals surface area contributed by atoms with Gasteiger partial charge < -0.3 is 14.6 Å². The fourth-order valence-electron chi connectivity index (χ4n) is 2.11. The highest BCUT2D eigenvalue weighted by Gasteiger charge is 2.23. The van der Waals surface area contributed by atoms with Crippen LogP contribution < -0.4 is 5.32 Å². The van der Waals surface area contributed by atoms with Crippen LogP contribution in [0.2, 0.25) is 0 Å². The maximum atomic E-state index is 12.4. The van der Waals surface area contributed by atoms with E-state index >= 15 is 0 Å². The molecule has 1 aromatic carbocycles. The normalized spacial score (nSPS) is 11.8. The third-order valence-corrected chi connectivity index (χ3v) is 3.22. The van der Waals surface area contributed by atoms with E-state index in [0.29, 0.717) is 17.0 Å². The van der Waals surface area contributed by atoms with Crippen molar-refractivity contribution < 1.29 is 18.8 Å². The number of carbonyl (C=O) groups is 2. The summed E-state index contributed by atoms with van der Waals surface area (Å²) in [5.74, 6) is -0.270. The van der Waals surface area contributed by atoms with Gasteiger partial charge >= 0.3 is 5.97 Å². The van der Waals surface area contributed by atoms with Crippen LogP contribution in [0, 0.1) is 6.92 Å². The summed E-state index contributed by atoms with van der Waals surface area (Å²) in [6, 6.07) is 8.96. The van der Waals surface area contributed by atoms with E-state index in [1.807, 2.05) is 30.3 Å². The van der Waals surface area contributed by atoms with Gasteiger partial charge in [-0.3, -0.25) is 9.59 Å². The molecule has 0 saturated heterocycles. The van der Waals surface area contributed by atoms with Gasteiger partial charge in [-0.05, 0) is 13.8 Å². The molecule has 6 nitrogen and oxygen atoms in total. The summed E-state index contributed by atoms with van der Waals surface area (Å²) in [4.78, 5) is 23.7. The molecule has 0 aliphatic rings. The van der Waals surface area contributed by atoms with Crippen molar-refractivity contribution in [2.75, 3.05) is 7.11 Å². The third-order valence-electron chi connectivity index (χ3n) is 3.22. The Bertz CT molecular complexity index is 664. The number of carbonyl (C=O) groups excluding carboxylic acids is 2. The van der Waals surface area contributed by atoms with Crippen LogP contribution in [0.25, 0.3) is 11.3 Å². The molecule has 116 valence electrons. The Morgan fingerprint density at radius 3 is 2.64 bits per heavy atom. The number of rotatable bonds is 5. The first-order valence-electron chi connectivity index (χ1n) is 6.92. The van der Waals surface area contributed by atoms with E-state index in [0.717, 1.165) is 5.56 Å². The number of hydrogen-bond donors (Lipinski definition) is 1. The zero-order chi connectivity index (χ0) is 16.1. The smallest absolute Gasteiger partial charge is 0.307 e. The van der Waals surface area contributed by atoms with Gasteiger partial charge in [-0.2, -0.15) is 0 Å². The van der Waals surface area contributed by atoms with Gasteiger partial charge in [0.25, 0.3) is 5.91 Å². The van der Waals surface area contributed by atoms with Crippen molar-refractivity contribution in [3.05, 3.63) is 41.7 Å². The Morgan fingerprint density at radius 2 is 2.00 bits per heavy atom. The van der Waals surface area contributed by atoms with E-state index in [-0.39, 0.29) is 24.3 Å². The quantitative estimate of drug-likeness (QED) is 0.857. The molecule has 1 unspecified atom stereocenters. The number of amides is 1. The van der Waals surface area contributed by atoms with Crippen molar-refractivity contribution in [3.8, 4) is 11.3 Å². The predicted octanol–water partition coefficient (Wildman–Crippen LogP) is 2.33. The Balaban J connectivity index is 2.20. The molecule has 1 amide bonds. The maximum absolute atomic E-state index is 12.4. The van der Waals surface area contributed by atoms with Crippen LogP contribution in [0.5, 0.6) is 0 Å². The van der Waals surface area contributed by atoms with Gasteiger partial charge in [0.05, 0.1) is 13.5 Å². The lowest BCUT2D eigenvalue weighted by atomic mass is 10.1. The number of ether oxygens (including phenoxy) is 1. The number of nitrogens with zero attached hydrogens (tertiary/aromatic N) is 1. The van der Waals surface area contributed by atoms with Crippen LogP contribution in [-0.2, 0) is 9.53 Å². The van der Waals surface area contributed by atoms with Crippen LogP contribution in [-0.4, -0.2) is 30.2 Å². The number of aryl methyl sites for hydroxylation is 1. The van der Waals surface area contributed by atoms with Gasteiger partial charge in [0.15, 0.2) is 0 Å². The molecule has 2 rings (SSSR count). The molecule has 1 atom stereocenters. The van der Waals surface area contributed by atoms with Crippen LogP contribution in [0.15, 0.2) is 34.9 Å². The van der Waals surface area contributed by atoms with Gasteiger partial charge in [0, 0.05) is 11.6 Å².